The second-order valence-corrected chi connectivity index (χ2v) is 9.50. The van der Waals surface area contributed by atoms with E-state index in [4.69, 9.17) is 0 Å². The molecular formula is C28H27F2N3O2S. The van der Waals surface area contributed by atoms with Crippen LogP contribution in [0.15, 0.2) is 70.5 Å². The molecule has 2 N–H and O–H groups in total. The Kier molecular flexibility index (Phi) is 7.74. The molecule has 0 unspecified atom stereocenters. The van der Waals surface area contributed by atoms with Crippen LogP contribution in [0.3, 0.4) is 0 Å². The molecule has 2 aromatic heterocycles. The molecule has 0 radical (unpaired) electrons. The van der Waals surface area contributed by atoms with Gasteiger partial charge in [-0.05, 0) is 61.7 Å². The number of halogens is 2. The average molecular weight is 508 g/mol. The van der Waals surface area contributed by atoms with Gasteiger partial charge in [0.1, 0.15) is 16.4 Å². The fraction of sp³-hybridized carbons (Fsp3) is 0.214. The highest BCUT2D eigenvalue weighted by molar-refractivity contribution is 7.99. The summed E-state index contributed by atoms with van der Waals surface area (Å²) in [6.45, 7) is 3.79. The Morgan fingerprint density at radius 1 is 0.944 bits per heavy atom. The number of hydrogen-bond donors (Lipinski definition) is 2. The van der Waals surface area contributed by atoms with Crippen LogP contribution in [0, 0.1) is 18.7 Å². The maximum atomic E-state index is 14.6. The van der Waals surface area contributed by atoms with Crippen LogP contribution in [0.25, 0.3) is 11.1 Å². The van der Waals surface area contributed by atoms with E-state index in [1.165, 1.54) is 12.1 Å². The second-order valence-electron chi connectivity index (χ2n) is 8.42. The average Bonchev–Trinajstić information content (AvgIpc) is 2.85. The minimum absolute atomic E-state index is 0.160. The number of rotatable bonds is 8. The minimum Gasteiger partial charge on any atom is -0.504 e. The molecule has 0 aliphatic rings. The van der Waals surface area contributed by atoms with Crippen LogP contribution in [0.4, 0.5) is 20.2 Å². The topological polar surface area (TPSA) is 69.5 Å². The quantitative estimate of drug-likeness (QED) is 0.242. The number of benzene rings is 2. The molecule has 0 aliphatic carbocycles. The van der Waals surface area contributed by atoms with E-state index in [-0.39, 0.29) is 16.5 Å². The normalized spacial score (nSPS) is 11.0. The molecule has 4 rings (SSSR count). The summed E-state index contributed by atoms with van der Waals surface area (Å²) in [7, 11) is 1.67. The number of unbranched alkanes of at least 4 members (excludes halogenated alkanes) is 1. The zero-order chi connectivity index (χ0) is 25.8. The number of para-hydroxylation sites is 1. The molecular weight excluding hydrogens is 480 g/mol. The second kappa shape index (κ2) is 11.0. The van der Waals surface area contributed by atoms with Crippen molar-refractivity contribution in [3.8, 4) is 22.8 Å². The molecule has 2 aromatic carbocycles. The van der Waals surface area contributed by atoms with Gasteiger partial charge in [0, 0.05) is 23.2 Å². The standard InChI is InChI=1S/C28H27F2N3O2S/c1-4-5-9-22-25(33(3)23-10-7-6-8-21(23)29)26(34)27(28(35)32-22)36-19-13-11-18(12-14-19)20-15-16-24(30)31-17(20)2/h6-8,10-16H,4-5,9H2,1-3H3,(H2,32,34,35). The van der Waals surface area contributed by atoms with Crippen LogP contribution in [-0.4, -0.2) is 27.2 Å². The van der Waals surface area contributed by atoms with Crippen molar-refractivity contribution in [3.05, 3.63) is 83.8 Å². The molecule has 0 fully saturated rings. The van der Waals surface area contributed by atoms with Gasteiger partial charge in [-0.15, -0.1) is 0 Å². The van der Waals surface area contributed by atoms with Gasteiger partial charge in [-0.25, -0.2) is 14.4 Å². The monoisotopic (exact) mass is 507 g/mol. The molecule has 36 heavy (non-hydrogen) atoms. The summed E-state index contributed by atoms with van der Waals surface area (Å²) in [5.41, 5.74) is 3.41. The van der Waals surface area contributed by atoms with Gasteiger partial charge in [0.2, 0.25) is 11.8 Å². The maximum absolute atomic E-state index is 14.6. The summed E-state index contributed by atoms with van der Waals surface area (Å²) >= 11 is 1.16. The summed E-state index contributed by atoms with van der Waals surface area (Å²) in [5, 5.41) is 22.0. The molecule has 0 aliphatic heterocycles. The molecule has 0 bridgehead atoms. The number of hydrogen-bond acceptors (Lipinski definition) is 6. The zero-order valence-corrected chi connectivity index (χ0v) is 21.1. The van der Waals surface area contributed by atoms with Gasteiger partial charge in [0.25, 0.3) is 0 Å². The van der Waals surface area contributed by atoms with Gasteiger partial charge >= 0.3 is 0 Å². The smallest absolute Gasteiger partial charge is 0.229 e. The van der Waals surface area contributed by atoms with Crippen molar-refractivity contribution in [1.29, 1.82) is 0 Å². The summed E-state index contributed by atoms with van der Waals surface area (Å²) in [5.74, 6) is -1.39. The molecule has 0 saturated heterocycles. The first kappa shape index (κ1) is 25.4. The van der Waals surface area contributed by atoms with E-state index < -0.39 is 11.8 Å². The van der Waals surface area contributed by atoms with Gasteiger partial charge < -0.3 is 15.1 Å². The molecule has 0 atom stereocenters. The Morgan fingerprint density at radius 3 is 2.33 bits per heavy atom. The van der Waals surface area contributed by atoms with Crippen LogP contribution >= 0.6 is 11.8 Å². The summed E-state index contributed by atoms with van der Waals surface area (Å²) in [4.78, 5) is 10.8. The number of aromatic hydroxyl groups is 2. The van der Waals surface area contributed by atoms with Crippen molar-refractivity contribution in [2.75, 3.05) is 11.9 Å². The Morgan fingerprint density at radius 2 is 1.67 bits per heavy atom. The number of pyridine rings is 2. The third-order valence-electron chi connectivity index (χ3n) is 5.91. The van der Waals surface area contributed by atoms with E-state index in [2.05, 4.69) is 9.97 Å². The first-order chi connectivity index (χ1) is 17.3. The lowest BCUT2D eigenvalue weighted by molar-refractivity contribution is 0.410. The number of anilines is 2. The van der Waals surface area contributed by atoms with Crippen LogP contribution in [0.1, 0.15) is 31.2 Å². The van der Waals surface area contributed by atoms with E-state index in [0.29, 0.717) is 29.2 Å². The highest BCUT2D eigenvalue weighted by Crippen LogP contribution is 2.48. The molecule has 0 spiro atoms. The van der Waals surface area contributed by atoms with Gasteiger partial charge in [0.05, 0.1) is 11.4 Å². The van der Waals surface area contributed by atoms with Crippen LogP contribution < -0.4 is 4.90 Å². The minimum atomic E-state index is -0.527. The molecule has 4 aromatic rings. The van der Waals surface area contributed by atoms with Gasteiger partial charge in [-0.2, -0.15) is 4.39 Å². The lowest BCUT2D eigenvalue weighted by Gasteiger charge is -2.25. The Balaban J connectivity index is 1.71. The molecule has 0 amide bonds. The third kappa shape index (κ3) is 5.28. The largest absolute Gasteiger partial charge is 0.504 e. The van der Waals surface area contributed by atoms with Crippen molar-refractivity contribution in [2.24, 2.45) is 0 Å². The molecule has 0 saturated carbocycles. The summed E-state index contributed by atoms with van der Waals surface area (Å²) in [6.07, 6.45) is 2.23. The molecule has 186 valence electrons. The Bertz CT molecular complexity index is 1380. The highest BCUT2D eigenvalue weighted by atomic mass is 32.2. The third-order valence-corrected chi connectivity index (χ3v) is 7.00. The van der Waals surface area contributed by atoms with E-state index in [9.17, 15) is 19.0 Å². The predicted molar refractivity (Wildman–Crippen MR) is 139 cm³/mol. The van der Waals surface area contributed by atoms with Crippen molar-refractivity contribution in [1.82, 2.24) is 9.97 Å². The van der Waals surface area contributed by atoms with Crippen molar-refractivity contribution in [3.63, 3.8) is 0 Å². The summed E-state index contributed by atoms with van der Waals surface area (Å²) in [6, 6.07) is 16.7. The van der Waals surface area contributed by atoms with Crippen molar-refractivity contribution in [2.45, 2.75) is 42.9 Å². The van der Waals surface area contributed by atoms with Gasteiger partial charge in [0.15, 0.2) is 5.75 Å². The van der Waals surface area contributed by atoms with Crippen LogP contribution in [-0.2, 0) is 6.42 Å². The fourth-order valence-electron chi connectivity index (χ4n) is 4.05. The van der Waals surface area contributed by atoms with E-state index in [1.807, 2.05) is 31.2 Å². The Labute approximate surface area is 213 Å². The maximum Gasteiger partial charge on any atom is 0.229 e. The molecule has 5 nitrogen and oxygen atoms in total. The lowest BCUT2D eigenvalue weighted by Crippen LogP contribution is -2.15. The fourth-order valence-corrected chi connectivity index (χ4v) is 4.88. The van der Waals surface area contributed by atoms with E-state index in [0.717, 1.165) is 40.6 Å². The van der Waals surface area contributed by atoms with Crippen LogP contribution in [0.5, 0.6) is 11.6 Å². The molecule has 2 heterocycles. The van der Waals surface area contributed by atoms with Crippen LogP contribution in [0.2, 0.25) is 0 Å². The van der Waals surface area contributed by atoms with Gasteiger partial charge in [-0.3, -0.25) is 0 Å². The SMILES string of the molecule is CCCCc1nc(O)c(Sc2ccc(-c3ccc(F)nc3C)cc2)c(O)c1N(C)c1ccccc1F. The Hall–Kier alpha value is -3.65. The number of nitrogens with zero attached hydrogens (tertiary/aromatic N) is 3. The molecule has 8 heteroatoms. The summed E-state index contributed by atoms with van der Waals surface area (Å²) < 4.78 is 27.9. The first-order valence-corrected chi connectivity index (χ1v) is 12.5. The highest BCUT2D eigenvalue weighted by Gasteiger charge is 2.24. The number of aryl methyl sites for hydroxylation is 2. The van der Waals surface area contributed by atoms with Crippen molar-refractivity contribution >= 4 is 23.1 Å². The van der Waals surface area contributed by atoms with Gasteiger partial charge in [-0.1, -0.05) is 49.4 Å². The zero-order valence-electron chi connectivity index (χ0n) is 20.3. The first-order valence-electron chi connectivity index (χ1n) is 11.6. The lowest BCUT2D eigenvalue weighted by atomic mass is 10.1. The predicted octanol–water partition coefficient (Wildman–Crippen LogP) is 7.40. The van der Waals surface area contributed by atoms with E-state index in [1.54, 1.807) is 43.1 Å². The number of aromatic nitrogens is 2. The van der Waals surface area contributed by atoms with E-state index >= 15 is 0 Å². The van der Waals surface area contributed by atoms with Crippen molar-refractivity contribution < 1.29 is 19.0 Å².